The van der Waals surface area contributed by atoms with Gasteiger partial charge in [-0.3, -0.25) is 9.35 Å². The van der Waals surface area contributed by atoms with Crippen LogP contribution in [-0.4, -0.2) is 25.1 Å². The van der Waals surface area contributed by atoms with E-state index in [-0.39, 0.29) is 5.91 Å². The fraction of sp³-hybridized carbons (Fsp3) is 0.929. The van der Waals surface area contributed by atoms with E-state index in [1.54, 1.807) is 0 Å². The second-order valence-corrected chi connectivity index (χ2v) is 6.36. The summed E-state index contributed by atoms with van der Waals surface area (Å²) in [4.78, 5) is 11.5. The van der Waals surface area contributed by atoms with Gasteiger partial charge in [0.15, 0.2) is 0 Å². The van der Waals surface area contributed by atoms with Crippen molar-refractivity contribution in [2.24, 2.45) is 0 Å². The third kappa shape index (κ3) is 15.5. The normalized spacial score (nSPS) is 13.1. The Bertz CT molecular complexity index is 370. The van der Waals surface area contributed by atoms with Gasteiger partial charge in [-0.05, 0) is 13.3 Å². The van der Waals surface area contributed by atoms with E-state index in [0.717, 1.165) is 19.3 Å². The van der Waals surface area contributed by atoms with Crippen LogP contribution in [0.25, 0.3) is 0 Å². The molecular weight excluding hydrogens is 294 g/mol. The Hall–Kier alpha value is -0.660. The predicted molar refractivity (Wildman–Crippen MR) is 82.1 cm³/mol. The third-order valence-electron chi connectivity index (χ3n) is 3.14. The molecular formula is C14H29NO5S. The lowest BCUT2D eigenvalue weighted by Crippen LogP contribution is -2.35. The quantitative estimate of drug-likeness (QED) is 0.308. The first-order chi connectivity index (χ1) is 9.85. The molecule has 126 valence electrons. The lowest BCUT2D eigenvalue weighted by Gasteiger charge is -2.12. The third-order valence-corrected chi connectivity index (χ3v) is 3.67. The van der Waals surface area contributed by atoms with E-state index in [9.17, 15) is 13.2 Å². The van der Waals surface area contributed by atoms with E-state index in [2.05, 4.69) is 16.4 Å². The SMILES string of the molecule is CCCCCCCCCCCC(=O)NC(C)OS(=O)(=O)O. The summed E-state index contributed by atoms with van der Waals surface area (Å²) in [5, 5.41) is 2.36. The van der Waals surface area contributed by atoms with Gasteiger partial charge in [0.1, 0.15) is 6.23 Å². The standard InChI is InChI=1S/C14H29NO5S/c1-3-4-5-6-7-8-9-10-11-12-14(16)15-13(2)20-21(17,18)19/h13H,3-12H2,1-2H3,(H,15,16)(H,17,18,19). The molecule has 0 radical (unpaired) electrons. The number of hydrogen-bond donors (Lipinski definition) is 2. The second kappa shape index (κ2) is 11.9. The average molecular weight is 323 g/mol. The summed E-state index contributed by atoms with van der Waals surface area (Å²) >= 11 is 0. The highest BCUT2D eigenvalue weighted by Crippen LogP contribution is 2.10. The number of amides is 1. The van der Waals surface area contributed by atoms with Crippen LogP contribution in [0.4, 0.5) is 0 Å². The van der Waals surface area contributed by atoms with Crippen LogP contribution in [0.1, 0.15) is 78.1 Å². The van der Waals surface area contributed by atoms with Crippen molar-refractivity contribution in [3.63, 3.8) is 0 Å². The maximum Gasteiger partial charge on any atom is 0.399 e. The molecule has 1 unspecified atom stereocenters. The van der Waals surface area contributed by atoms with Crippen molar-refractivity contribution in [3.8, 4) is 0 Å². The summed E-state index contributed by atoms with van der Waals surface area (Å²) in [5.74, 6) is -0.269. The van der Waals surface area contributed by atoms with Gasteiger partial charge < -0.3 is 5.32 Å². The molecule has 0 aliphatic rings. The molecule has 0 saturated heterocycles. The van der Waals surface area contributed by atoms with Gasteiger partial charge in [-0.1, -0.05) is 58.3 Å². The van der Waals surface area contributed by atoms with Crippen LogP contribution in [0.15, 0.2) is 0 Å². The number of nitrogens with one attached hydrogen (secondary N) is 1. The Morgan fingerprint density at radius 1 is 1.05 bits per heavy atom. The molecule has 0 aliphatic carbocycles. The van der Waals surface area contributed by atoms with Crippen LogP contribution in [0.2, 0.25) is 0 Å². The molecule has 0 aliphatic heterocycles. The summed E-state index contributed by atoms with van der Waals surface area (Å²) in [7, 11) is -4.53. The molecule has 1 amide bonds. The Balaban J connectivity index is 3.46. The fourth-order valence-corrected chi connectivity index (χ4v) is 2.51. The lowest BCUT2D eigenvalue weighted by atomic mass is 10.1. The Labute approximate surface area is 128 Å². The van der Waals surface area contributed by atoms with Crippen molar-refractivity contribution in [2.75, 3.05) is 0 Å². The maximum absolute atomic E-state index is 11.5. The second-order valence-electron chi connectivity index (χ2n) is 5.31. The van der Waals surface area contributed by atoms with Crippen molar-refractivity contribution in [1.29, 1.82) is 0 Å². The van der Waals surface area contributed by atoms with Crippen LogP contribution in [0.5, 0.6) is 0 Å². The van der Waals surface area contributed by atoms with E-state index >= 15 is 0 Å². The first-order valence-electron chi connectivity index (χ1n) is 7.80. The van der Waals surface area contributed by atoms with Crippen molar-refractivity contribution in [3.05, 3.63) is 0 Å². The van der Waals surface area contributed by atoms with Crippen LogP contribution in [-0.2, 0) is 19.4 Å². The number of carbonyl (C=O) groups is 1. The topological polar surface area (TPSA) is 92.7 Å². The molecule has 0 heterocycles. The first-order valence-corrected chi connectivity index (χ1v) is 9.16. The van der Waals surface area contributed by atoms with Gasteiger partial charge in [-0.25, -0.2) is 4.18 Å². The molecule has 2 N–H and O–H groups in total. The van der Waals surface area contributed by atoms with Crippen molar-refractivity contribution < 1.29 is 21.9 Å². The summed E-state index contributed by atoms with van der Waals surface area (Å²) in [5.41, 5.74) is 0. The van der Waals surface area contributed by atoms with E-state index in [1.165, 1.54) is 45.4 Å². The van der Waals surface area contributed by atoms with Gasteiger partial charge in [-0.2, -0.15) is 8.42 Å². The fourth-order valence-electron chi connectivity index (χ4n) is 2.10. The average Bonchev–Trinajstić information content (AvgIpc) is 2.34. The zero-order chi connectivity index (χ0) is 16.1. The van der Waals surface area contributed by atoms with Crippen molar-refractivity contribution >= 4 is 16.3 Å². The van der Waals surface area contributed by atoms with Crippen molar-refractivity contribution in [2.45, 2.75) is 84.3 Å². The van der Waals surface area contributed by atoms with E-state index in [4.69, 9.17) is 4.55 Å². The number of rotatable bonds is 13. The molecule has 0 bridgehead atoms. The zero-order valence-electron chi connectivity index (χ0n) is 13.1. The summed E-state index contributed by atoms with van der Waals surface area (Å²) in [6.45, 7) is 3.55. The molecule has 21 heavy (non-hydrogen) atoms. The van der Waals surface area contributed by atoms with Gasteiger partial charge in [-0.15, -0.1) is 0 Å². The highest BCUT2D eigenvalue weighted by Gasteiger charge is 2.14. The molecule has 0 aromatic rings. The van der Waals surface area contributed by atoms with Crippen LogP contribution < -0.4 is 5.32 Å². The van der Waals surface area contributed by atoms with Crippen molar-refractivity contribution in [1.82, 2.24) is 5.32 Å². The minimum absolute atomic E-state index is 0.269. The highest BCUT2D eigenvalue weighted by atomic mass is 32.3. The molecule has 6 nitrogen and oxygen atoms in total. The molecule has 0 spiro atoms. The Kier molecular flexibility index (Phi) is 11.6. The Morgan fingerprint density at radius 3 is 2.00 bits per heavy atom. The maximum atomic E-state index is 11.5. The zero-order valence-corrected chi connectivity index (χ0v) is 14.0. The molecule has 0 fully saturated rings. The molecule has 0 aromatic carbocycles. The van der Waals surface area contributed by atoms with E-state index in [0.29, 0.717) is 6.42 Å². The largest absolute Gasteiger partial charge is 0.399 e. The monoisotopic (exact) mass is 323 g/mol. The molecule has 7 heteroatoms. The minimum Gasteiger partial charge on any atom is -0.330 e. The van der Waals surface area contributed by atoms with Gasteiger partial charge >= 0.3 is 10.4 Å². The number of unbranched alkanes of at least 4 members (excludes halogenated alkanes) is 8. The molecule has 0 rings (SSSR count). The van der Waals surface area contributed by atoms with Crippen LogP contribution in [0, 0.1) is 0 Å². The van der Waals surface area contributed by atoms with Gasteiger partial charge in [0.2, 0.25) is 5.91 Å². The van der Waals surface area contributed by atoms with Gasteiger partial charge in [0, 0.05) is 6.42 Å². The van der Waals surface area contributed by atoms with E-state index in [1.807, 2.05) is 0 Å². The molecule has 1 atom stereocenters. The summed E-state index contributed by atoms with van der Waals surface area (Å²) in [6, 6.07) is 0. The van der Waals surface area contributed by atoms with Crippen LogP contribution >= 0.6 is 0 Å². The van der Waals surface area contributed by atoms with Gasteiger partial charge in [0.25, 0.3) is 0 Å². The van der Waals surface area contributed by atoms with Gasteiger partial charge in [0.05, 0.1) is 0 Å². The molecule has 0 saturated carbocycles. The first kappa shape index (κ1) is 20.3. The van der Waals surface area contributed by atoms with E-state index < -0.39 is 16.6 Å². The van der Waals surface area contributed by atoms with Crippen LogP contribution in [0.3, 0.4) is 0 Å². The predicted octanol–water partition coefficient (Wildman–Crippen LogP) is 3.19. The Morgan fingerprint density at radius 2 is 1.52 bits per heavy atom. The summed E-state index contributed by atoms with van der Waals surface area (Å²) in [6.07, 6.45) is 9.81. The summed E-state index contributed by atoms with van der Waals surface area (Å²) < 4.78 is 33.5. The number of carbonyl (C=O) groups excluding carboxylic acids is 1. The smallest absolute Gasteiger partial charge is 0.330 e. The lowest BCUT2D eigenvalue weighted by molar-refractivity contribution is -0.123. The highest BCUT2D eigenvalue weighted by molar-refractivity contribution is 7.80. The molecule has 0 aromatic heterocycles. The minimum atomic E-state index is -4.53. The number of hydrogen-bond acceptors (Lipinski definition) is 4.